The lowest BCUT2D eigenvalue weighted by atomic mass is 10.1. The topological polar surface area (TPSA) is 38.5 Å². The summed E-state index contributed by atoms with van der Waals surface area (Å²) in [6.45, 7) is 4.03. The molecule has 0 aliphatic carbocycles. The molecule has 1 aromatic rings. The summed E-state index contributed by atoms with van der Waals surface area (Å²) in [7, 11) is 0. The Hall–Kier alpha value is -0.490. The molecule has 0 spiro atoms. The molecule has 5 heteroatoms. The van der Waals surface area contributed by atoms with Crippen molar-refractivity contribution in [1.29, 1.82) is 0 Å². The van der Waals surface area contributed by atoms with Crippen LogP contribution in [0.4, 0.5) is 4.39 Å². The molecule has 3 nitrogen and oxygen atoms in total. The summed E-state index contributed by atoms with van der Waals surface area (Å²) >= 11 is 3.28. The van der Waals surface area contributed by atoms with Crippen molar-refractivity contribution < 1.29 is 9.13 Å². The summed E-state index contributed by atoms with van der Waals surface area (Å²) in [4.78, 5) is 2.29. The molecule has 0 saturated carbocycles. The number of hydrogen-bond acceptors (Lipinski definition) is 3. The molecular formula is C15H22BrFN2O. The number of ether oxygens (including phenoxy) is 1. The zero-order valence-corrected chi connectivity index (χ0v) is 13.2. The quantitative estimate of drug-likeness (QED) is 0.806. The Bertz CT molecular complexity index is 422. The molecule has 0 unspecified atom stereocenters. The van der Waals surface area contributed by atoms with Crippen molar-refractivity contribution in [2.24, 2.45) is 5.73 Å². The molecule has 2 rings (SSSR count). The average molecular weight is 345 g/mol. The summed E-state index contributed by atoms with van der Waals surface area (Å²) in [6, 6.07) is 5.27. The van der Waals surface area contributed by atoms with Crippen LogP contribution >= 0.6 is 15.9 Å². The molecular weight excluding hydrogens is 323 g/mol. The maximum atomic E-state index is 13.8. The molecule has 112 valence electrons. The van der Waals surface area contributed by atoms with E-state index in [0.29, 0.717) is 19.2 Å². The molecule has 2 N–H and O–H groups in total. The zero-order valence-electron chi connectivity index (χ0n) is 11.7. The lowest BCUT2D eigenvalue weighted by Gasteiger charge is -2.32. The second-order valence-corrected chi connectivity index (χ2v) is 6.14. The van der Waals surface area contributed by atoms with E-state index in [1.807, 2.05) is 12.1 Å². The van der Waals surface area contributed by atoms with Crippen molar-refractivity contribution in [3.8, 4) is 0 Å². The third-order valence-corrected chi connectivity index (χ3v) is 4.14. The van der Waals surface area contributed by atoms with Crippen molar-refractivity contribution in [1.82, 2.24) is 4.90 Å². The smallest absolute Gasteiger partial charge is 0.128 e. The monoisotopic (exact) mass is 344 g/mol. The fraction of sp³-hybridized carbons (Fsp3) is 0.600. The Morgan fingerprint density at radius 1 is 1.35 bits per heavy atom. The number of hydrogen-bond donors (Lipinski definition) is 1. The first-order valence-electron chi connectivity index (χ1n) is 7.17. The Balaban J connectivity index is 1.76. The van der Waals surface area contributed by atoms with Gasteiger partial charge in [0.15, 0.2) is 0 Å². The number of nitrogens with two attached hydrogens (primary N) is 1. The predicted octanol–water partition coefficient (Wildman–Crippen LogP) is 2.92. The van der Waals surface area contributed by atoms with Gasteiger partial charge in [-0.15, -0.1) is 0 Å². The molecule has 0 radical (unpaired) electrons. The van der Waals surface area contributed by atoms with Gasteiger partial charge in [0.25, 0.3) is 0 Å². The summed E-state index contributed by atoms with van der Waals surface area (Å²) < 4.78 is 20.4. The number of piperidine rings is 1. The van der Waals surface area contributed by atoms with Crippen LogP contribution in [0.3, 0.4) is 0 Å². The first-order chi connectivity index (χ1) is 9.69. The normalized spacial score (nSPS) is 17.6. The van der Waals surface area contributed by atoms with E-state index in [0.717, 1.165) is 49.0 Å². The fourth-order valence-corrected chi connectivity index (χ4v) is 2.79. The molecule has 1 aromatic carbocycles. The number of benzene rings is 1. The van der Waals surface area contributed by atoms with Gasteiger partial charge in [0.05, 0.1) is 6.10 Å². The fourth-order valence-electron chi connectivity index (χ4n) is 2.46. The van der Waals surface area contributed by atoms with Crippen LogP contribution in [0.15, 0.2) is 22.7 Å². The van der Waals surface area contributed by atoms with Gasteiger partial charge >= 0.3 is 0 Å². The molecule has 20 heavy (non-hydrogen) atoms. The minimum atomic E-state index is -0.138. The summed E-state index contributed by atoms with van der Waals surface area (Å²) in [5.41, 5.74) is 6.21. The van der Waals surface area contributed by atoms with Crippen LogP contribution in [0.25, 0.3) is 0 Å². The zero-order chi connectivity index (χ0) is 14.4. The Kier molecular flexibility index (Phi) is 6.42. The van der Waals surface area contributed by atoms with Gasteiger partial charge in [-0.05, 0) is 37.9 Å². The maximum Gasteiger partial charge on any atom is 0.128 e. The molecule has 0 atom stereocenters. The van der Waals surface area contributed by atoms with Crippen molar-refractivity contribution in [2.45, 2.75) is 31.9 Å². The van der Waals surface area contributed by atoms with E-state index in [9.17, 15) is 4.39 Å². The number of rotatable bonds is 6. The van der Waals surface area contributed by atoms with Crippen molar-refractivity contribution in [2.75, 3.05) is 26.2 Å². The molecule has 1 aliphatic heterocycles. The van der Waals surface area contributed by atoms with E-state index < -0.39 is 0 Å². The highest BCUT2D eigenvalue weighted by Crippen LogP contribution is 2.20. The SMILES string of the molecule is NCCCOC1CCN(Cc2ccc(Br)cc2F)CC1. The summed E-state index contributed by atoms with van der Waals surface area (Å²) in [5.74, 6) is -0.138. The highest BCUT2D eigenvalue weighted by Gasteiger charge is 2.20. The molecule has 1 heterocycles. The first kappa shape index (κ1) is 15.9. The highest BCUT2D eigenvalue weighted by atomic mass is 79.9. The summed E-state index contributed by atoms with van der Waals surface area (Å²) in [6.07, 6.45) is 3.29. The minimum Gasteiger partial charge on any atom is -0.378 e. The third-order valence-electron chi connectivity index (χ3n) is 3.65. The molecule has 1 aliphatic rings. The van der Waals surface area contributed by atoms with Crippen LogP contribution in [0.5, 0.6) is 0 Å². The maximum absolute atomic E-state index is 13.8. The van der Waals surface area contributed by atoms with Crippen LogP contribution in [0.2, 0.25) is 0 Å². The van der Waals surface area contributed by atoms with Gasteiger partial charge in [-0.3, -0.25) is 4.90 Å². The molecule has 1 fully saturated rings. The van der Waals surface area contributed by atoms with Gasteiger partial charge in [-0.25, -0.2) is 4.39 Å². The number of nitrogens with zero attached hydrogens (tertiary/aromatic N) is 1. The van der Waals surface area contributed by atoms with Gasteiger partial charge in [0.1, 0.15) is 5.82 Å². The van der Waals surface area contributed by atoms with Gasteiger partial charge in [-0.2, -0.15) is 0 Å². The second-order valence-electron chi connectivity index (χ2n) is 5.22. The van der Waals surface area contributed by atoms with Crippen LogP contribution < -0.4 is 5.73 Å². The van der Waals surface area contributed by atoms with Crippen molar-refractivity contribution in [3.63, 3.8) is 0 Å². The van der Waals surface area contributed by atoms with E-state index in [1.54, 1.807) is 0 Å². The lowest BCUT2D eigenvalue weighted by molar-refractivity contribution is 0.00546. The highest BCUT2D eigenvalue weighted by molar-refractivity contribution is 9.10. The lowest BCUT2D eigenvalue weighted by Crippen LogP contribution is -2.37. The van der Waals surface area contributed by atoms with Gasteiger partial charge in [0, 0.05) is 36.3 Å². The van der Waals surface area contributed by atoms with Crippen LogP contribution in [0.1, 0.15) is 24.8 Å². The van der Waals surface area contributed by atoms with E-state index in [4.69, 9.17) is 10.5 Å². The van der Waals surface area contributed by atoms with Crippen LogP contribution in [-0.4, -0.2) is 37.2 Å². The minimum absolute atomic E-state index is 0.138. The second kappa shape index (κ2) is 8.08. The Morgan fingerprint density at radius 2 is 2.10 bits per heavy atom. The predicted molar refractivity (Wildman–Crippen MR) is 82.0 cm³/mol. The average Bonchev–Trinajstić information content (AvgIpc) is 2.44. The molecule has 0 bridgehead atoms. The van der Waals surface area contributed by atoms with E-state index in [1.165, 1.54) is 6.07 Å². The van der Waals surface area contributed by atoms with E-state index in [-0.39, 0.29) is 5.82 Å². The van der Waals surface area contributed by atoms with Crippen molar-refractivity contribution >= 4 is 15.9 Å². The van der Waals surface area contributed by atoms with Gasteiger partial charge < -0.3 is 10.5 Å². The number of halogens is 2. The molecule has 0 amide bonds. The third kappa shape index (κ3) is 4.81. The standard InChI is InChI=1S/C15H22BrFN2O/c16-13-3-2-12(15(17)10-13)11-19-7-4-14(5-8-19)20-9-1-6-18/h2-3,10,14H,1,4-9,11,18H2. The Morgan fingerprint density at radius 3 is 2.75 bits per heavy atom. The van der Waals surface area contributed by atoms with E-state index >= 15 is 0 Å². The van der Waals surface area contributed by atoms with Crippen molar-refractivity contribution in [3.05, 3.63) is 34.1 Å². The first-order valence-corrected chi connectivity index (χ1v) is 7.96. The Labute approximate surface area is 128 Å². The molecule has 1 saturated heterocycles. The van der Waals surface area contributed by atoms with Gasteiger partial charge in [-0.1, -0.05) is 22.0 Å². The largest absolute Gasteiger partial charge is 0.378 e. The van der Waals surface area contributed by atoms with Crippen LogP contribution in [-0.2, 0) is 11.3 Å². The number of likely N-dealkylation sites (tertiary alicyclic amines) is 1. The summed E-state index contributed by atoms with van der Waals surface area (Å²) in [5, 5.41) is 0. The van der Waals surface area contributed by atoms with Crippen LogP contribution in [0, 0.1) is 5.82 Å². The van der Waals surface area contributed by atoms with E-state index in [2.05, 4.69) is 20.8 Å². The molecule has 0 aromatic heterocycles. The van der Waals surface area contributed by atoms with Gasteiger partial charge in [0.2, 0.25) is 0 Å².